The third-order valence-corrected chi connectivity index (χ3v) is 7.92. The van der Waals surface area contributed by atoms with Gasteiger partial charge in [0.15, 0.2) is 0 Å². The Morgan fingerprint density at radius 2 is 1.05 bits per heavy atom. The van der Waals surface area contributed by atoms with Crippen LogP contribution >= 0.6 is 11.8 Å². The summed E-state index contributed by atoms with van der Waals surface area (Å²) in [5.41, 5.74) is 11.9. The topological polar surface area (TPSA) is 85.7 Å². The first-order valence-electron chi connectivity index (χ1n) is 13.6. The van der Waals surface area contributed by atoms with Crippen LogP contribution in [0.15, 0.2) is 131 Å². The molecule has 5 rings (SSSR count). The van der Waals surface area contributed by atoms with Crippen LogP contribution in [0.1, 0.15) is 16.7 Å². The number of benzene rings is 4. The number of hydrogen-bond acceptors (Lipinski definition) is 6. The smallest absolute Gasteiger partial charge is 0.136 e. The van der Waals surface area contributed by atoms with E-state index in [2.05, 4.69) is 10.0 Å². The van der Waals surface area contributed by atoms with Crippen LogP contribution in [0, 0.1) is 0 Å². The standard InChI is InChI=1S/C33H33N3O4S/c34-36-35-21-29-30(37-22-25-13-5-1-6-14-25)31(38-23-26-15-7-2-8-16-26)32(39-24-27-17-9-3-10-18-27)33(40-29)41-28-19-11-4-12-20-28/h1-20,29-33H,21-24H2/t29-,30-,31+,32-,33+/m1/s1. The molecule has 210 valence electrons. The molecule has 4 aromatic rings. The molecule has 0 saturated carbocycles. The highest BCUT2D eigenvalue weighted by molar-refractivity contribution is 7.99. The van der Waals surface area contributed by atoms with E-state index in [1.54, 1.807) is 11.8 Å². The van der Waals surface area contributed by atoms with Crippen molar-refractivity contribution in [2.45, 2.75) is 54.6 Å². The molecule has 0 bridgehead atoms. The van der Waals surface area contributed by atoms with Crippen molar-refractivity contribution in [3.05, 3.63) is 148 Å². The maximum atomic E-state index is 9.17. The van der Waals surface area contributed by atoms with Crippen LogP contribution in [0.2, 0.25) is 0 Å². The Bertz CT molecular complexity index is 1360. The summed E-state index contributed by atoms with van der Waals surface area (Å²) in [6, 6.07) is 40.1. The lowest BCUT2D eigenvalue weighted by molar-refractivity contribution is -0.244. The van der Waals surface area contributed by atoms with Crippen molar-refractivity contribution < 1.29 is 18.9 Å². The van der Waals surface area contributed by atoms with E-state index in [1.807, 2.05) is 121 Å². The first-order valence-corrected chi connectivity index (χ1v) is 14.5. The zero-order valence-electron chi connectivity index (χ0n) is 22.6. The van der Waals surface area contributed by atoms with Crippen LogP contribution in [0.25, 0.3) is 10.4 Å². The summed E-state index contributed by atoms with van der Waals surface area (Å²) >= 11 is 1.57. The lowest BCUT2D eigenvalue weighted by Crippen LogP contribution is -2.60. The van der Waals surface area contributed by atoms with Crippen LogP contribution in [-0.4, -0.2) is 36.4 Å². The summed E-state index contributed by atoms with van der Waals surface area (Å²) in [5, 5.41) is 3.88. The van der Waals surface area contributed by atoms with Crippen molar-refractivity contribution in [1.82, 2.24) is 0 Å². The van der Waals surface area contributed by atoms with E-state index in [-0.39, 0.29) is 6.54 Å². The Morgan fingerprint density at radius 3 is 1.54 bits per heavy atom. The fourth-order valence-corrected chi connectivity index (χ4v) is 5.89. The van der Waals surface area contributed by atoms with Crippen LogP contribution in [0.3, 0.4) is 0 Å². The van der Waals surface area contributed by atoms with Crippen LogP contribution in [0.5, 0.6) is 0 Å². The zero-order chi connectivity index (χ0) is 28.1. The molecule has 0 unspecified atom stereocenters. The zero-order valence-corrected chi connectivity index (χ0v) is 23.5. The fourth-order valence-electron chi connectivity index (χ4n) is 4.74. The van der Waals surface area contributed by atoms with Gasteiger partial charge >= 0.3 is 0 Å². The molecule has 1 fully saturated rings. The molecule has 1 aliphatic heterocycles. The van der Waals surface area contributed by atoms with Gasteiger partial charge in [-0.05, 0) is 34.4 Å². The van der Waals surface area contributed by atoms with E-state index in [9.17, 15) is 5.53 Å². The molecule has 0 radical (unpaired) electrons. The lowest BCUT2D eigenvalue weighted by atomic mass is 9.98. The maximum Gasteiger partial charge on any atom is 0.136 e. The van der Waals surface area contributed by atoms with Gasteiger partial charge in [0.2, 0.25) is 0 Å². The van der Waals surface area contributed by atoms with Gasteiger partial charge in [-0.1, -0.05) is 126 Å². The van der Waals surface area contributed by atoms with Crippen molar-refractivity contribution in [1.29, 1.82) is 0 Å². The molecule has 0 aromatic heterocycles. The molecule has 0 spiro atoms. The van der Waals surface area contributed by atoms with E-state index in [1.165, 1.54) is 0 Å². The first-order chi connectivity index (χ1) is 20.3. The molecule has 1 saturated heterocycles. The summed E-state index contributed by atoms with van der Waals surface area (Å²) in [4.78, 5) is 4.06. The van der Waals surface area contributed by atoms with Gasteiger partial charge in [-0.15, -0.1) is 0 Å². The molecular formula is C33H33N3O4S. The number of rotatable bonds is 13. The predicted molar refractivity (Wildman–Crippen MR) is 160 cm³/mol. The molecule has 41 heavy (non-hydrogen) atoms. The Labute approximate surface area is 245 Å². The van der Waals surface area contributed by atoms with Gasteiger partial charge in [-0.25, -0.2) is 0 Å². The molecule has 8 heteroatoms. The van der Waals surface area contributed by atoms with Gasteiger partial charge in [0.05, 0.1) is 32.5 Å². The van der Waals surface area contributed by atoms with Gasteiger partial charge < -0.3 is 18.9 Å². The van der Waals surface area contributed by atoms with Gasteiger partial charge in [-0.2, -0.15) is 0 Å². The summed E-state index contributed by atoms with van der Waals surface area (Å²) < 4.78 is 26.5. The van der Waals surface area contributed by atoms with E-state index >= 15 is 0 Å². The molecule has 0 aliphatic carbocycles. The Morgan fingerprint density at radius 1 is 0.610 bits per heavy atom. The highest BCUT2D eigenvalue weighted by Crippen LogP contribution is 2.38. The summed E-state index contributed by atoms with van der Waals surface area (Å²) in [6.45, 7) is 1.23. The number of thioether (sulfide) groups is 1. The second kappa shape index (κ2) is 15.4. The SMILES string of the molecule is [N-]=[N+]=NC[C@H]1O[C@@H](Sc2ccccc2)[C@H](OCc2ccccc2)[C@@H](OCc2ccccc2)[C@@H]1OCc1ccccc1. The summed E-state index contributed by atoms with van der Waals surface area (Å²) in [7, 11) is 0. The van der Waals surface area contributed by atoms with E-state index in [4.69, 9.17) is 18.9 Å². The molecular weight excluding hydrogens is 534 g/mol. The Balaban J connectivity index is 1.47. The second-order valence-electron chi connectivity index (χ2n) is 9.67. The first kappa shape index (κ1) is 28.9. The Hall–Kier alpha value is -3.62. The molecule has 5 atom stereocenters. The quantitative estimate of drug-likeness (QED) is 0.0945. The van der Waals surface area contributed by atoms with Crippen molar-refractivity contribution in [3.8, 4) is 0 Å². The predicted octanol–water partition coefficient (Wildman–Crippen LogP) is 7.57. The molecule has 0 N–H and O–H groups in total. The number of hydrogen-bond donors (Lipinski definition) is 0. The minimum atomic E-state index is -0.544. The second-order valence-corrected chi connectivity index (χ2v) is 10.8. The van der Waals surface area contributed by atoms with Crippen molar-refractivity contribution in [2.75, 3.05) is 6.54 Å². The van der Waals surface area contributed by atoms with Crippen molar-refractivity contribution in [2.24, 2.45) is 5.11 Å². The van der Waals surface area contributed by atoms with E-state index < -0.39 is 29.9 Å². The molecule has 1 heterocycles. The van der Waals surface area contributed by atoms with Crippen molar-refractivity contribution in [3.63, 3.8) is 0 Å². The number of ether oxygens (including phenoxy) is 4. The summed E-state index contributed by atoms with van der Waals surface area (Å²) in [6.07, 6.45) is -2.06. The molecule has 1 aliphatic rings. The third kappa shape index (κ3) is 8.44. The normalized spacial score (nSPS) is 22.1. The highest BCUT2D eigenvalue weighted by Gasteiger charge is 2.48. The van der Waals surface area contributed by atoms with Gasteiger partial charge in [0, 0.05) is 9.81 Å². The summed E-state index contributed by atoms with van der Waals surface area (Å²) in [5.74, 6) is 0. The molecule has 7 nitrogen and oxygen atoms in total. The van der Waals surface area contributed by atoms with Crippen LogP contribution in [-0.2, 0) is 38.8 Å². The molecule has 0 amide bonds. The average molecular weight is 568 g/mol. The van der Waals surface area contributed by atoms with Gasteiger partial charge in [-0.3, -0.25) is 0 Å². The average Bonchev–Trinajstić information content (AvgIpc) is 3.03. The minimum absolute atomic E-state index is 0.110. The largest absolute Gasteiger partial charge is 0.368 e. The lowest BCUT2D eigenvalue weighted by Gasteiger charge is -2.46. The third-order valence-electron chi connectivity index (χ3n) is 6.77. The van der Waals surface area contributed by atoms with E-state index in [0.717, 1.165) is 21.6 Å². The highest BCUT2D eigenvalue weighted by atomic mass is 32.2. The Kier molecular flexibility index (Phi) is 10.9. The monoisotopic (exact) mass is 567 g/mol. The van der Waals surface area contributed by atoms with Gasteiger partial charge in [0.25, 0.3) is 0 Å². The van der Waals surface area contributed by atoms with Crippen molar-refractivity contribution >= 4 is 11.8 Å². The van der Waals surface area contributed by atoms with E-state index in [0.29, 0.717) is 19.8 Å². The van der Waals surface area contributed by atoms with Crippen LogP contribution < -0.4 is 0 Å². The number of nitrogens with zero attached hydrogens (tertiary/aromatic N) is 3. The fraction of sp³-hybridized carbons (Fsp3) is 0.273. The number of azide groups is 1. The maximum absolute atomic E-state index is 9.17. The molecule has 4 aromatic carbocycles. The van der Waals surface area contributed by atoms with Gasteiger partial charge in [0.1, 0.15) is 23.7 Å². The van der Waals surface area contributed by atoms with Crippen LogP contribution in [0.4, 0.5) is 0 Å². The minimum Gasteiger partial charge on any atom is -0.368 e.